The molecule has 3 aromatic carbocycles. The molecule has 3 N–H and O–H groups in total. The Hall–Kier alpha value is -4.53. The summed E-state index contributed by atoms with van der Waals surface area (Å²) in [5.41, 5.74) is 1.87. The Bertz CT molecular complexity index is 2060. The molecule has 0 amide bonds. The predicted molar refractivity (Wildman–Crippen MR) is 278 cm³/mol. The third-order valence-electron chi connectivity index (χ3n) is 16.8. The molecule has 0 saturated heterocycles. The van der Waals surface area contributed by atoms with Gasteiger partial charge in [0.1, 0.15) is 22.7 Å². The summed E-state index contributed by atoms with van der Waals surface area (Å²) in [5.74, 6) is 4.41. The Morgan fingerprint density at radius 2 is 1.04 bits per heavy atom. The third-order valence-corrected chi connectivity index (χ3v) is 16.8. The van der Waals surface area contributed by atoms with E-state index in [-0.39, 0.29) is 51.2 Å². The molecule has 69 heavy (non-hydrogen) atoms. The van der Waals surface area contributed by atoms with Crippen molar-refractivity contribution in [1.29, 1.82) is 0 Å². The van der Waals surface area contributed by atoms with Gasteiger partial charge in [-0.25, -0.2) is 4.79 Å². The van der Waals surface area contributed by atoms with E-state index in [4.69, 9.17) is 19.3 Å². The van der Waals surface area contributed by atoms with E-state index in [0.717, 1.165) is 50.4 Å². The Balaban J connectivity index is 0.000000206. The maximum atomic E-state index is 12.8. The van der Waals surface area contributed by atoms with Crippen LogP contribution < -0.4 is 4.74 Å². The summed E-state index contributed by atoms with van der Waals surface area (Å²) >= 11 is 0. The molecule has 5 saturated carbocycles. The number of benzene rings is 3. The molecule has 384 valence electrons. The first kappa shape index (κ1) is 57.1. The van der Waals surface area contributed by atoms with Crippen LogP contribution in [0.2, 0.25) is 0 Å². The van der Waals surface area contributed by atoms with Crippen molar-refractivity contribution in [2.24, 2.45) is 46.3 Å². The quantitative estimate of drug-likeness (QED) is 0.0818. The van der Waals surface area contributed by atoms with Crippen molar-refractivity contribution in [3.63, 3.8) is 0 Å². The van der Waals surface area contributed by atoms with Gasteiger partial charge in [-0.3, -0.25) is 9.59 Å². The Morgan fingerprint density at radius 3 is 1.45 bits per heavy atom. The second-order valence-electron chi connectivity index (χ2n) is 22.9. The highest BCUT2D eigenvalue weighted by atomic mass is 16.6. The van der Waals surface area contributed by atoms with Crippen molar-refractivity contribution >= 4 is 17.9 Å². The van der Waals surface area contributed by atoms with E-state index in [0.29, 0.717) is 46.8 Å². The third kappa shape index (κ3) is 14.3. The number of phenols is 3. The molecule has 8 rings (SSSR count). The zero-order valence-electron chi connectivity index (χ0n) is 45.0. The second kappa shape index (κ2) is 24.5. The largest absolute Gasteiger partial charge is 0.508 e. The van der Waals surface area contributed by atoms with Crippen LogP contribution in [0.5, 0.6) is 23.0 Å². The molecule has 5 fully saturated rings. The van der Waals surface area contributed by atoms with Crippen LogP contribution in [-0.4, -0.2) is 44.4 Å². The molecule has 0 heterocycles. The number of esters is 3. The second-order valence-corrected chi connectivity index (χ2v) is 22.9. The van der Waals surface area contributed by atoms with Crippen molar-refractivity contribution < 1.29 is 43.9 Å². The highest BCUT2D eigenvalue weighted by molar-refractivity contribution is 5.91. The van der Waals surface area contributed by atoms with Gasteiger partial charge in [-0.15, -0.1) is 0 Å². The normalized spacial score (nSPS) is 23.0. The van der Waals surface area contributed by atoms with Crippen LogP contribution in [-0.2, 0) is 19.1 Å². The van der Waals surface area contributed by atoms with Crippen molar-refractivity contribution in [2.75, 3.05) is 0 Å². The monoisotopic (exact) mass is 955 g/mol. The molecular weight excluding hydrogens is 865 g/mol. The average Bonchev–Trinajstić information content (AvgIpc) is 3.81. The number of carbonyl (C=O) groups excluding carboxylic acids is 3. The minimum absolute atomic E-state index is 0.0226. The molecule has 0 aromatic heterocycles. The fourth-order valence-corrected chi connectivity index (χ4v) is 10.8. The lowest BCUT2D eigenvalue weighted by molar-refractivity contribution is -0.231. The van der Waals surface area contributed by atoms with E-state index in [1.165, 1.54) is 74.3 Å². The van der Waals surface area contributed by atoms with Gasteiger partial charge >= 0.3 is 17.9 Å². The standard InChI is InChI=1S/C19H32O2.C17H18O4.C14H26O2.C10H14O/c1-6-18(4,5)17(20)21-19(12(2)3)15-8-13-7-14(10-15)11-16(19)9-13;1-3-11(2)12-4-6-13(7-5-12)17(20)21-14-8-9-15(18)16(19)10-14;1-6-13(4,5)12(15)16-14(11(2)3)9-7-8-10-14;1-3-8(2)9-4-6-10(11)7-5-9/h12-16H,6-11H2,1-5H3;4-11,18-19H,3H2,1-2H3;11H,6-10H2,1-5H3;4-8,11H,3H2,1-2H3. The molecule has 9 nitrogen and oxygen atoms in total. The molecule has 3 aromatic rings. The molecule has 2 atom stereocenters. The number of aromatic hydroxyl groups is 3. The average molecular weight is 955 g/mol. The number of rotatable bonds is 14. The van der Waals surface area contributed by atoms with E-state index >= 15 is 0 Å². The highest BCUT2D eigenvalue weighted by Crippen LogP contribution is 2.62. The van der Waals surface area contributed by atoms with Gasteiger partial charge in [0.15, 0.2) is 11.5 Å². The lowest BCUT2D eigenvalue weighted by atomic mass is 9.47. The molecule has 2 unspecified atom stereocenters. The molecule has 9 heteroatoms. The Morgan fingerprint density at radius 1 is 0.594 bits per heavy atom. The number of ether oxygens (including phenoxy) is 3. The zero-order valence-corrected chi connectivity index (χ0v) is 45.0. The summed E-state index contributed by atoms with van der Waals surface area (Å²) in [5, 5.41) is 27.6. The van der Waals surface area contributed by atoms with E-state index < -0.39 is 5.97 Å². The van der Waals surface area contributed by atoms with Crippen molar-refractivity contribution in [3.8, 4) is 23.0 Å². The van der Waals surface area contributed by atoms with Gasteiger partial charge < -0.3 is 29.5 Å². The number of carbonyl (C=O) groups is 3. The fraction of sp³-hybridized carbons (Fsp3) is 0.650. The van der Waals surface area contributed by atoms with Crippen LogP contribution in [0.15, 0.2) is 66.7 Å². The van der Waals surface area contributed by atoms with Gasteiger partial charge in [0, 0.05) is 6.07 Å². The van der Waals surface area contributed by atoms with Crippen LogP contribution in [0.1, 0.15) is 214 Å². The lowest BCUT2D eigenvalue weighted by Gasteiger charge is -2.62. The minimum Gasteiger partial charge on any atom is -0.508 e. The van der Waals surface area contributed by atoms with Crippen LogP contribution in [0, 0.1) is 46.3 Å². The van der Waals surface area contributed by atoms with Crippen LogP contribution in [0.3, 0.4) is 0 Å². The van der Waals surface area contributed by atoms with Gasteiger partial charge in [0.25, 0.3) is 0 Å². The molecular formula is C60H90O9. The molecule has 0 spiro atoms. The minimum atomic E-state index is -0.504. The molecule has 5 aliphatic rings. The van der Waals surface area contributed by atoms with E-state index in [1.807, 2.05) is 58.9 Å². The van der Waals surface area contributed by atoms with Crippen molar-refractivity contribution in [3.05, 3.63) is 83.4 Å². The van der Waals surface area contributed by atoms with Crippen molar-refractivity contribution in [2.45, 2.75) is 203 Å². The number of phenolic OH excluding ortho intramolecular Hbond substituents is 3. The molecule has 0 aliphatic heterocycles. The fourth-order valence-electron chi connectivity index (χ4n) is 10.8. The predicted octanol–water partition coefficient (Wildman–Crippen LogP) is 15.5. The summed E-state index contributed by atoms with van der Waals surface area (Å²) in [6, 6.07) is 18.6. The van der Waals surface area contributed by atoms with Gasteiger partial charge in [-0.05, 0) is 206 Å². The molecule has 0 radical (unpaired) electrons. The smallest absolute Gasteiger partial charge is 0.343 e. The lowest BCUT2D eigenvalue weighted by Crippen LogP contribution is -2.63. The van der Waals surface area contributed by atoms with Gasteiger partial charge in [0.2, 0.25) is 0 Å². The van der Waals surface area contributed by atoms with E-state index in [9.17, 15) is 24.6 Å². The summed E-state index contributed by atoms with van der Waals surface area (Å²) in [4.78, 5) is 36.9. The van der Waals surface area contributed by atoms with Crippen LogP contribution in [0.25, 0.3) is 0 Å². The summed E-state index contributed by atoms with van der Waals surface area (Å²) in [6.45, 7) is 29.6. The Labute approximate surface area is 416 Å². The number of hydrogen-bond donors (Lipinski definition) is 3. The molecule has 4 bridgehead atoms. The molecule has 5 aliphatic carbocycles. The van der Waals surface area contributed by atoms with Gasteiger partial charge in [0.05, 0.1) is 16.4 Å². The topological polar surface area (TPSA) is 140 Å². The van der Waals surface area contributed by atoms with Gasteiger partial charge in [-0.2, -0.15) is 0 Å². The zero-order chi connectivity index (χ0) is 51.5. The number of hydrogen-bond acceptors (Lipinski definition) is 9. The maximum absolute atomic E-state index is 12.8. The summed E-state index contributed by atoms with van der Waals surface area (Å²) in [6.07, 6.45) is 15.0. The van der Waals surface area contributed by atoms with E-state index in [2.05, 4.69) is 62.3 Å². The van der Waals surface area contributed by atoms with Crippen molar-refractivity contribution in [1.82, 2.24) is 0 Å². The first-order chi connectivity index (χ1) is 32.4. The first-order valence-electron chi connectivity index (χ1n) is 26.5. The van der Waals surface area contributed by atoms with Gasteiger partial charge in [-0.1, -0.05) is 93.5 Å². The van der Waals surface area contributed by atoms with Crippen LogP contribution >= 0.6 is 0 Å². The maximum Gasteiger partial charge on any atom is 0.343 e. The Kier molecular flexibility index (Phi) is 20.3. The first-order valence-corrected chi connectivity index (χ1v) is 26.5. The van der Waals surface area contributed by atoms with E-state index in [1.54, 1.807) is 24.3 Å². The highest BCUT2D eigenvalue weighted by Gasteiger charge is 2.61. The summed E-state index contributed by atoms with van der Waals surface area (Å²) in [7, 11) is 0. The SMILES string of the molecule is CCC(C)(C)C(=O)OC1(C(C)C)C2CC3CC(C2)CC1C3.CCC(C)(C)C(=O)OC1(C(C)C)CCCC1.CCC(C)c1ccc(C(=O)Oc2ccc(O)c(O)c2)cc1.CCC(C)c1ccc(O)cc1. The van der Waals surface area contributed by atoms with Crippen LogP contribution in [0.4, 0.5) is 0 Å². The summed E-state index contributed by atoms with van der Waals surface area (Å²) < 4.78 is 17.4.